The number of hydrogen-bond donors (Lipinski definition) is 1. The van der Waals surface area contributed by atoms with Crippen LogP contribution in [-0.2, 0) is 19.1 Å². The normalized spacial score (nSPS) is 19.4. The molecule has 1 rings (SSSR count). The lowest BCUT2D eigenvalue weighted by atomic mass is 10.2. The van der Waals surface area contributed by atoms with E-state index in [4.69, 9.17) is 5.11 Å². The van der Waals surface area contributed by atoms with Crippen LogP contribution in [0.1, 0.15) is 19.8 Å². The van der Waals surface area contributed by atoms with Gasteiger partial charge in [0.1, 0.15) is 0 Å². The summed E-state index contributed by atoms with van der Waals surface area (Å²) in [5, 5.41) is 8.70. The van der Waals surface area contributed by atoms with Gasteiger partial charge in [-0.3, -0.25) is 0 Å². The minimum atomic E-state index is -0.858. The Balaban J connectivity index is 0.000000265. The van der Waals surface area contributed by atoms with Crippen molar-refractivity contribution in [3.8, 4) is 0 Å². The molecule has 5 nitrogen and oxygen atoms in total. The number of aliphatic hydroxyl groups is 1. The molecule has 0 spiro atoms. The number of aliphatic hydroxyl groups excluding tert-OH is 1. The third kappa shape index (κ3) is 5.85. The number of carbonyl (C=O) groups excluding carboxylic acids is 2. The Bertz CT molecular complexity index is 246. The molecule has 0 aromatic rings. The number of rotatable bonds is 1. The fraction of sp³-hybridized carbons (Fsp3) is 0.600. The van der Waals surface area contributed by atoms with Crippen LogP contribution < -0.4 is 0 Å². The summed E-state index contributed by atoms with van der Waals surface area (Å²) < 4.78 is 8.77. The van der Waals surface area contributed by atoms with Crippen LogP contribution in [0.3, 0.4) is 0 Å². The van der Waals surface area contributed by atoms with Crippen molar-refractivity contribution in [2.45, 2.75) is 25.9 Å². The third-order valence-electron chi connectivity index (χ3n) is 1.67. The van der Waals surface area contributed by atoms with Crippen LogP contribution in [0.15, 0.2) is 12.2 Å². The zero-order valence-corrected chi connectivity index (χ0v) is 8.99. The van der Waals surface area contributed by atoms with Crippen molar-refractivity contribution in [1.29, 1.82) is 0 Å². The molecule has 0 aromatic heterocycles. The molecule has 1 N–H and O–H groups in total. The third-order valence-corrected chi connectivity index (χ3v) is 1.67. The summed E-state index contributed by atoms with van der Waals surface area (Å²) in [6.45, 7) is 5.42. The van der Waals surface area contributed by atoms with Gasteiger partial charge in [-0.15, -0.1) is 0 Å². The summed E-state index contributed by atoms with van der Waals surface area (Å²) in [6.07, 6.45) is 0.481. The van der Waals surface area contributed by atoms with Gasteiger partial charge in [0.25, 0.3) is 0 Å². The van der Waals surface area contributed by atoms with Crippen molar-refractivity contribution in [3.63, 3.8) is 0 Å². The number of hydrogen-bond acceptors (Lipinski definition) is 5. The highest BCUT2D eigenvalue weighted by Crippen LogP contribution is 2.05. The zero-order chi connectivity index (χ0) is 11.8. The van der Waals surface area contributed by atoms with Crippen molar-refractivity contribution in [1.82, 2.24) is 0 Å². The predicted molar refractivity (Wildman–Crippen MR) is 53.0 cm³/mol. The molecular weight excluding hydrogens is 200 g/mol. The molecule has 86 valence electrons. The van der Waals surface area contributed by atoms with E-state index in [-0.39, 0.29) is 5.97 Å². The van der Waals surface area contributed by atoms with Crippen molar-refractivity contribution >= 4 is 11.9 Å². The quantitative estimate of drug-likeness (QED) is 0.508. The molecule has 0 amide bonds. The molecule has 1 saturated heterocycles. The highest BCUT2D eigenvalue weighted by molar-refractivity contribution is 5.86. The van der Waals surface area contributed by atoms with E-state index in [0.29, 0.717) is 18.6 Å². The van der Waals surface area contributed by atoms with E-state index in [2.05, 4.69) is 16.1 Å². The molecule has 1 fully saturated rings. The second-order valence-corrected chi connectivity index (χ2v) is 3.10. The topological polar surface area (TPSA) is 72.8 Å². The van der Waals surface area contributed by atoms with Crippen molar-refractivity contribution in [3.05, 3.63) is 12.2 Å². The first-order chi connectivity index (χ1) is 6.99. The maximum absolute atomic E-state index is 10.3. The van der Waals surface area contributed by atoms with Gasteiger partial charge < -0.3 is 14.6 Å². The molecule has 15 heavy (non-hydrogen) atoms. The Morgan fingerprint density at radius 2 is 2.27 bits per heavy atom. The molecule has 1 unspecified atom stereocenters. The number of esters is 2. The Morgan fingerprint density at radius 3 is 2.47 bits per heavy atom. The monoisotopic (exact) mass is 216 g/mol. The minimum Gasteiger partial charge on any atom is -0.466 e. The first-order valence-corrected chi connectivity index (χ1v) is 4.57. The van der Waals surface area contributed by atoms with Gasteiger partial charge in [0, 0.05) is 5.57 Å². The van der Waals surface area contributed by atoms with Gasteiger partial charge in [0.2, 0.25) is 0 Å². The lowest BCUT2D eigenvalue weighted by molar-refractivity contribution is -0.158. The molecule has 0 saturated carbocycles. The average molecular weight is 216 g/mol. The summed E-state index contributed by atoms with van der Waals surface area (Å²) in [4.78, 5) is 20.5. The molecule has 0 aliphatic carbocycles. The summed E-state index contributed by atoms with van der Waals surface area (Å²) >= 11 is 0. The van der Waals surface area contributed by atoms with Crippen LogP contribution in [0.4, 0.5) is 0 Å². The summed E-state index contributed by atoms with van der Waals surface area (Å²) in [5.41, 5.74) is 0.433. The first kappa shape index (κ1) is 13.6. The van der Waals surface area contributed by atoms with E-state index in [9.17, 15) is 9.59 Å². The maximum atomic E-state index is 10.3. The van der Waals surface area contributed by atoms with Gasteiger partial charge in [-0.25, -0.2) is 9.59 Å². The molecule has 0 radical (unpaired) electrons. The van der Waals surface area contributed by atoms with Crippen LogP contribution in [-0.4, -0.2) is 36.9 Å². The van der Waals surface area contributed by atoms with E-state index in [0.717, 1.165) is 6.42 Å². The van der Waals surface area contributed by atoms with Crippen LogP contribution in [0.2, 0.25) is 0 Å². The smallest absolute Gasteiger partial charge is 0.334 e. The second kappa shape index (κ2) is 7.00. The fourth-order valence-corrected chi connectivity index (χ4v) is 0.838. The number of cyclic esters (lactones) is 1. The van der Waals surface area contributed by atoms with E-state index < -0.39 is 12.1 Å². The van der Waals surface area contributed by atoms with E-state index in [1.807, 2.05) is 0 Å². The molecular formula is C10H16O5. The highest BCUT2D eigenvalue weighted by Gasteiger charge is 2.19. The van der Waals surface area contributed by atoms with Gasteiger partial charge in [-0.2, -0.15) is 0 Å². The van der Waals surface area contributed by atoms with Crippen LogP contribution in [0.5, 0.6) is 0 Å². The van der Waals surface area contributed by atoms with Gasteiger partial charge in [0.05, 0.1) is 13.7 Å². The SMILES string of the molecule is C=C(C)C(=O)OC.O=C1OCCCC1O. The Hall–Kier alpha value is -1.36. The van der Waals surface area contributed by atoms with E-state index >= 15 is 0 Å². The zero-order valence-electron chi connectivity index (χ0n) is 8.99. The van der Waals surface area contributed by atoms with Crippen LogP contribution in [0, 0.1) is 0 Å². The van der Waals surface area contributed by atoms with Gasteiger partial charge >= 0.3 is 11.9 Å². The second-order valence-electron chi connectivity index (χ2n) is 3.10. The Labute approximate surface area is 88.7 Å². The largest absolute Gasteiger partial charge is 0.466 e. The Kier molecular flexibility index (Phi) is 6.37. The summed E-state index contributed by atoms with van der Waals surface area (Å²) in [6, 6.07) is 0. The average Bonchev–Trinajstić information content (AvgIpc) is 2.22. The molecule has 1 heterocycles. The molecule has 1 aliphatic rings. The first-order valence-electron chi connectivity index (χ1n) is 4.57. The van der Waals surface area contributed by atoms with E-state index in [1.54, 1.807) is 6.92 Å². The summed E-state index contributed by atoms with van der Waals surface area (Å²) in [7, 11) is 1.33. The predicted octanol–water partition coefficient (Wildman–Crippen LogP) is 0.420. The summed E-state index contributed by atoms with van der Waals surface area (Å²) in [5.74, 6) is -0.823. The van der Waals surface area contributed by atoms with Gasteiger partial charge in [-0.05, 0) is 19.8 Å². The molecule has 1 aliphatic heterocycles. The molecule has 0 bridgehead atoms. The maximum Gasteiger partial charge on any atom is 0.334 e. The van der Waals surface area contributed by atoms with Crippen LogP contribution in [0.25, 0.3) is 0 Å². The number of carbonyl (C=O) groups is 2. The molecule has 5 heteroatoms. The van der Waals surface area contributed by atoms with Crippen molar-refractivity contribution in [2.75, 3.05) is 13.7 Å². The molecule has 1 atom stereocenters. The van der Waals surface area contributed by atoms with Crippen molar-refractivity contribution in [2.24, 2.45) is 0 Å². The standard InChI is InChI=1S/C5H8O3.C5H8O2/c6-4-2-1-3-8-5(4)7;1-4(2)5(6)7-3/h4,6H,1-3H2;1H2,2-3H3. The van der Waals surface area contributed by atoms with Crippen molar-refractivity contribution < 1.29 is 24.2 Å². The van der Waals surface area contributed by atoms with E-state index in [1.165, 1.54) is 7.11 Å². The highest BCUT2D eigenvalue weighted by atomic mass is 16.5. The lowest BCUT2D eigenvalue weighted by Crippen LogP contribution is -2.28. The minimum absolute atomic E-state index is 0.347. The number of ether oxygens (including phenoxy) is 2. The fourth-order valence-electron chi connectivity index (χ4n) is 0.838. The number of methoxy groups -OCH3 is 1. The van der Waals surface area contributed by atoms with Gasteiger partial charge in [0.15, 0.2) is 6.10 Å². The lowest BCUT2D eigenvalue weighted by Gasteiger charge is -2.14. The Morgan fingerprint density at radius 1 is 1.67 bits per heavy atom. The van der Waals surface area contributed by atoms with Crippen LogP contribution >= 0.6 is 0 Å². The van der Waals surface area contributed by atoms with Gasteiger partial charge in [-0.1, -0.05) is 6.58 Å². The molecule has 0 aromatic carbocycles.